The quantitative estimate of drug-likeness (QED) is 0.845. The van der Waals surface area contributed by atoms with Crippen molar-refractivity contribution in [1.29, 1.82) is 0 Å². The fourth-order valence-corrected chi connectivity index (χ4v) is 3.42. The van der Waals surface area contributed by atoms with Crippen LogP contribution in [0.4, 0.5) is 0 Å². The van der Waals surface area contributed by atoms with Gasteiger partial charge in [0, 0.05) is 31.6 Å². The molecule has 24 heavy (non-hydrogen) atoms. The summed E-state index contributed by atoms with van der Waals surface area (Å²) in [6.07, 6.45) is 6.18. The Labute approximate surface area is 144 Å². The summed E-state index contributed by atoms with van der Waals surface area (Å²) in [7, 11) is 0. The van der Waals surface area contributed by atoms with E-state index in [1.807, 2.05) is 17.2 Å². The van der Waals surface area contributed by atoms with E-state index in [0.717, 1.165) is 44.7 Å². The average Bonchev–Trinajstić information content (AvgIpc) is 2.99. The van der Waals surface area contributed by atoms with Crippen LogP contribution >= 0.6 is 0 Å². The molecule has 1 aromatic carbocycles. The zero-order chi connectivity index (χ0) is 17.0. The Balaban J connectivity index is 1.61. The summed E-state index contributed by atoms with van der Waals surface area (Å²) in [6.45, 7) is 7.31. The van der Waals surface area contributed by atoms with E-state index in [1.54, 1.807) is 6.92 Å². The molecular weight excluding hydrogens is 300 g/mol. The standard InChI is InChI=1S/C19H27N4O/c1-3-23(14-17-7-5-4-6-8-17)15-19(13-20-23)21-18-9-11-22(12-10-18)16(2)24/h4-8,13,15,18,21H,3,9-12,14H2,1-2H3/q+1. The third kappa shape index (κ3) is 3.85. The summed E-state index contributed by atoms with van der Waals surface area (Å²) in [5.41, 5.74) is 2.40. The van der Waals surface area contributed by atoms with Gasteiger partial charge >= 0.3 is 0 Å². The molecule has 0 spiro atoms. The summed E-state index contributed by atoms with van der Waals surface area (Å²) in [5, 5.41) is 8.37. The van der Waals surface area contributed by atoms with E-state index < -0.39 is 0 Å². The number of piperidine rings is 1. The maximum absolute atomic E-state index is 11.4. The summed E-state index contributed by atoms with van der Waals surface area (Å²) < 4.78 is 0.610. The lowest BCUT2D eigenvalue weighted by atomic mass is 10.0. The lowest BCUT2D eigenvalue weighted by Crippen LogP contribution is -2.44. The molecule has 1 atom stereocenters. The second kappa shape index (κ2) is 7.18. The minimum absolute atomic E-state index is 0.180. The Morgan fingerprint density at radius 3 is 2.62 bits per heavy atom. The number of nitrogens with one attached hydrogen (secondary N) is 1. The van der Waals surface area contributed by atoms with E-state index >= 15 is 0 Å². The molecule has 1 saturated heterocycles. The third-order valence-electron chi connectivity index (χ3n) is 4.96. The van der Waals surface area contributed by atoms with Gasteiger partial charge in [0.1, 0.15) is 31.2 Å². The minimum Gasteiger partial charge on any atom is -0.376 e. The van der Waals surface area contributed by atoms with Crippen LogP contribution in [0.15, 0.2) is 47.3 Å². The van der Waals surface area contributed by atoms with Gasteiger partial charge in [0.2, 0.25) is 5.91 Å². The van der Waals surface area contributed by atoms with Crippen molar-refractivity contribution in [3.8, 4) is 0 Å². The highest BCUT2D eigenvalue weighted by atomic mass is 16.2. The van der Waals surface area contributed by atoms with Crippen LogP contribution in [0.1, 0.15) is 32.3 Å². The highest BCUT2D eigenvalue weighted by molar-refractivity contribution is 5.78. The molecule has 1 amide bonds. The Morgan fingerprint density at radius 2 is 2.00 bits per heavy atom. The number of hydrogen-bond acceptors (Lipinski definition) is 3. The number of nitrogens with zero attached hydrogens (tertiary/aromatic N) is 3. The van der Waals surface area contributed by atoms with Crippen LogP contribution in [-0.2, 0) is 11.3 Å². The molecule has 0 aliphatic carbocycles. The molecule has 1 N–H and O–H groups in total. The van der Waals surface area contributed by atoms with Gasteiger partial charge < -0.3 is 10.2 Å². The summed E-state index contributed by atoms with van der Waals surface area (Å²) in [5.74, 6) is 0.180. The van der Waals surface area contributed by atoms with Gasteiger partial charge in [0.25, 0.3) is 0 Å². The molecule has 128 valence electrons. The molecule has 5 nitrogen and oxygen atoms in total. The highest BCUT2D eigenvalue weighted by Crippen LogP contribution is 2.22. The van der Waals surface area contributed by atoms with Crippen LogP contribution in [0.5, 0.6) is 0 Å². The summed E-state index contributed by atoms with van der Waals surface area (Å²) >= 11 is 0. The first-order valence-electron chi connectivity index (χ1n) is 8.81. The van der Waals surface area contributed by atoms with E-state index in [4.69, 9.17) is 5.10 Å². The zero-order valence-corrected chi connectivity index (χ0v) is 14.6. The number of rotatable bonds is 5. The first kappa shape index (κ1) is 16.7. The van der Waals surface area contributed by atoms with Crippen LogP contribution in [0.3, 0.4) is 0 Å². The number of likely N-dealkylation sites (tertiary alicyclic amines) is 1. The molecule has 1 unspecified atom stereocenters. The van der Waals surface area contributed by atoms with E-state index in [2.05, 4.69) is 42.7 Å². The van der Waals surface area contributed by atoms with Crippen molar-refractivity contribution in [2.75, 3.05) is 19.6 Å². The summed E-state index contributed by atoms with van der Waals surface area (Å²) in [6, 6.07) is 10.9. The van der Waals surface area contributed by atoms with Gasteiger partial charge in [-0.3, -0.25) is 4.79 Å². The number of benzene rings is 1. The number of carbonyl (C=O) groups is 1. The molecule has 0 saturated carbocycles. The Hall–Kier alpha value is -2.14. The van der Waals surface area contributed by atoms with E-state index in [0.29, 0.717) is 10.6 Å². The molecule has 5 heteroatoms. The molecule has 2 heterocycles. The number of hydrogen-bond donors (Lipinski definition) is 1. The van der Waals surface area contributed by atoms with Crippen molar-refractivity contribution in [3.05, 3.63) is 47.8 Å². The first-order chi connectivity index (χ1) is 11.6. The normalized spacial score (nSPS) is 24.1. The maximum Gasteiger partial charge on any atom is 0.219 e. The molecule has 2 aliphatic rings. The fraction of sp³-hybridized carbons (Fsp3) is 0.474. The topological polar surface area (TPSA) is 44.7 Å². The number of allylic oxidation sites excluding steroid dienone is 1. The van der Waals surface area contributed by atoms with E-state index in [-0.39, 0.29) is 5.91 Å². The van der Waals surface area contributed by atoms with Gasteiger partial charge in [-0.1, -0.05) is 35.4 Å². The predicted molar refractivity (Wildman–Crippen MR) is 95.9 cm³/mol. The molecule has 1 fully saturated rings. The highest BCUT2D eigenvalue weighted by Gasteiger charge is 2.30. The zero-order valence-electron chi connectivity index (χ0n) is 14.6. The maximum atomic E-state index is 11.4. The molecule has 3 rings (SSSR count). The van der Waals surface area contributed by atoms with Crippen molar-refractivity contribution in [2.24, 2.45) is 5.10 Å². The van der Waals surface area contributed by atoms with Gasteiger partial charge in [-0.25, -0.2) is 0 Å². The van der Waals surface area contributed by atoms with Crippen molar-refractivity contribution in [1.82, 2.24) is 10.2 Å². The molecule has 1 aromatic rings. The van der Waals surface area contributed by atoms with Crippen molar-refractivity contribution in [2.45, 2.75) is 39.3 Å². The van der Waals surface area contributed by atoms with Gasteiger partial charge in [-0.15, -0.1) is 0 Å². The monoisotopic (exact) mass is 327 g/mol. The van der Waals surface area contributed by atoms with Crippen LogP contribution < -0.4 is 5.32 Å². The lowest BCUT2D eigenvalue weighted by molar-refractivity contribution is -0.895. The van der Waals surface area contributed by atoms with Crippen LogP contribution in [0.25, 0.3) is 0 Å². The van der Waals surface area contributed by atoms with Gasteiger partial charge in [0.05, 0.1) is 0 Å². The van der Waals surface area contributed by atoms with E-state index in [9.17, 15) is 4.79 Å². The van der Waals surface area contributed by atoms with Gasteiger partial charge in [-0.2, -0.15) is 4.59 Å². The third-order valence-corrected chi connectivity index (χ3v) is 4.96. The SMILES string of the molecule is CC[N+]1(Cc2ccccc2)C=C(NC2CCN(C(C)=O)CC2)C=N1. The largest absolute Gasteiger partial charge is 0.376 e. The van der Waals surface area contributed by atoms with Gasteiger partial charge in [0.15, 0.2) is 0 Å². The summed E-state index contributed by atoms with van der Waals surface area (Å²) in [4.78, 5) is 13.3. The second-order valence-corrected chi connectivity index (χ2v) is 6.70. The van der Waals surface area contributed by atoms with Crippen molar-refractivity contribution < 1.29 is 9.39 Å². The van der Waals surface area contributed by atoms with Crippen LogP contribution in [-0.4, -0.2) is 47.3 Å². The van der Waals surface area contributed by atoms with Gasteiger partial charge in [-0.05, 0) is 19.8 Å². The predicted octanol–water partition coefficient (Wildman–Crippen LogP) is 2.46. The second-order valence-electron chi connectivity index (χ2n) is 6.70. The van der Waals surface area contributed by atoms with E-state index in [1.165, 1.54) is 5.56 Å². The number of carbonyl (C=O) groups excluding carboxylic acids is 1. The van der Waals surface area contributed by atoms with Crippen molar-refractivity contribution >= 4 is 12.1 Å². The Kier molecular flexibility index (Phi) is 5.00. The molecule has 0 radical (unpaired) electrons. The fourth-order valence-electron chi connectivity index (χ4n) is 3.42. The Bertz CT molecular complexity index is 632. The molecule has 0 bridgehead atoms. The smallest absolute Gasteiger partial charge is 0.219 e. The number of quaternary nitrogens is 1. The lowest BCUT2D eigenvalue weighted by Gasteiger charge is -2.32. The van der Waals surface area contributed by atoms with Crippen molar-refractivity contribution in [3.63, 3.8) is 0 Å². The average molecular weight is 327 g/mol. The Morgan fingerprint density at radius 1 is 1.29 bits per heavy atom. The minimum atomic E-state index is 0.180. The first-order valence-corrected chi connectivity index (χ1v) is 8.81. The van der Waals surface area contributed by atoms with Crippen LogP contribution in [0, 0.1) is 0 Å². The van der Waals surface area contributed by atoms with Crippen LogP contribution in [0.2, 0.25) is 0 Å². The number of amides is 1. The molecule has 2 aliphatic heterocycles. The molecular formula is C19H27N4O+. The molecule has 0 aromatic heterocycles.